The number of amides is 1. The van der Waals surface area contributed by atoms with Gasteiger partial charge in [0.2, 0.25) is 5.91 Å². The fraction of sp³-hybridized carbons (Fsp3) is 0.273. The van der Waals surface area contributed by atoms with Crippen molar-refractivity contribution in [3.63, 3.8) is 0 Å². The Balaban J connectivity index is 0.00000162. The summed E-state index contributed by atoms with van der Waals surface area (Å²) >= 11 is 1.47. The summed E-state index contributed by atoms with van der Waals surface area (Å²) in [5, 5.41) is 8.85. The maximum Gasteiger partial charge on any atom is 0.323 e. The van der Waals surface area contributed by atoms with Crippen LogP contribution in [0.15, 0.2) is 29.2 Å². The van der Waals surface area contributed by atoms with Crippen LogP contribution in [0.25, 0.3) is 0 Å². The Hall–Kier alpha value is -1.05. The molecule has 0 spiro atoms. The normalized spacial score (nSPS) is 18.6. The third-order valence-corrected chi connectivity index (χ3v) is 3.63. The van der Waals surface area contributed by atoms with Gasteiger partial charge in [0.05, 0.1) is 11.7 Å². The number of carbonyl (C=O) groups excluding carboxylic acids is 1. The Bertz CT molecular complexity index is 469. The SMILES string of the molecule is Br.NC1CSc2ccccc2N(CC(=O)O)C1=O. The van der Waals surface area contributed by atoms with E-state index in [0.717, 1.165) is 4.90 Å². The molecule has 0 aromatic heterocycles. The van der Waals surface area contributed by atoms with E-state index in [1.807, 2.05) is 12.1 Å². The molecule has 1 aliphatic heterocycles. The van der Waals surface area contributed by atoms with Gasteiger partial charge in [-0.1, -0.05) is 12.1 Å². The van der Waals surface area contributed by atoms with E-state index in [-0.39, 0.29) is 29.4 Å². The predicted octanol–water partition coefficient (Wildman–Crippen LogP) is 1.12. The highest BCUT2D eigenvalue weighted by Crippen LogP contribution is 2.33. The second-order valence-electron chi connectivity index (χ2n) is 3.70. The number of hydrogen-bond donors (Lipinski definition) is 2. The second kappa shape index (κ2) is 6.21. The van der Waals surface area contributed by atoms with E-state index in [1.54, 1.807) is 12.1 Å². The van der Waals surface area contributed by atoms with Crippen molar-refractivity contribution in [3.8, 4) is 0 Å². The Morgan fingerprint density at radius 2 is 2.17 bits per heavy atom. The molecule has 98 valence electrons. The number of thioether (sulfide) groups is 1. The van der Waals surface area contributed by atoms with Crippen LogP contribution >= 0.6 is 28.7 Å². The van der Waals surface area contributed by atoms with Crippen LogP contribution in [-0.4, -0.2) is 35.3 Å². The van der Waals surface area contributed by atoms with Crippen LogP contribution in [0.2, 0.25) is 0 Å². The first-order valence-corrected chi connectivity index (χ1v) is 6.08. The molecule has 1 unspecified atom stereocenters. The molecule has 1 amide bonds. The third-order valence-electron chi connectivity index (χ3n) is 2.45. The van der Waals surface area contributed by atoms with Gasteiger partial charge < -0.3 is 10.8 Å². The number of nitrogens with zero attached hydrogens (tertiary/aromatic N) is 1. The van der Waals surface area contributed by atoms with Crippen molar-refractivity contribution in [1.29, 1.82) is 0 Å². The first-order chi connectivity index (χ1) is 8.09. The summed E-state index contributed by atoms with van der Waals surface area (Å²) in [7, 11) is 0. The molecule has 0 saturated carbocycles. The zero-order valence-corrected chi connectivity index (χ0v) is 11.9. The van der Waals surface area contributed by atoms with E-state index >= 15 is 0 Å². The fourth-order valence-corrected chi connectivity index (χ4v) is 2.67. The molecule has 1 aliphatic rings. The van der Waals surface area contributed by atoms with Gasteiger partial charge in [-0.05, 0) is 12.1 Å². The lowest BCUT2D eigenvalue weighted by Crippen LogP contribution is -2.46. The van der Waals surface area contributed by atoms with Crippen LogP contribution in [0, 0.1) is 0 Å². The van der Waals surface area contributed by atoms with Crippen LogP contribution in [0.3, 0.4) is 0 Å². The molecule has 0 bridgehead atoms. The number of rotatable bonds is 2. The summed E-state index contributed by atoms with van der Waals surface area (Å²) in [6.45, 7) is -0.357. The summed E-state index contributed by atoms with van der Waals surface area (Å²) in [5.41, 5.74) is 6.34. The van der Waals surface area contributed by atoms with Crippen molar-refractivity contribution in [2.45, 2.75) is 10.9 Å². The molecule has 5 nitrogen and oxygen atoms in total. The fourth-order valence-electron chi connectivity index (χ4n) is 1.67. The highest BCUT2D eigenvalue weighted by molar-refractivity contribution is 8.93. The Kier molecular flexibility index (Phi) is 5.18. The van der Waals surface area contributed by atoms with E-state index in [2.05, 4.69) is 0 Å². The Morgan fingerprint density at radius 3 is 2.83 bits per heavy atom. The lowest BCUT2D eigenvalue weighted by molar-refractivity contribution is -0.136. The summed E-state index contributed by atoms with van der Waals surface area (Å²) in [5.74, 6) is -0.927. The number of fused-ring (bicyclic) bond motifs is 1. The van der Waals surface area contributed by atoms with E-state index in [4.69, 9.17) is 10.8 Å². The van der Waals surface area contributed by atoms with Crippen molar-refractivity contribution >= 4 is 46.3 Å². The van der Waals surface area contributed by atoms with Crippen molar-refractivity contribution in [1.82, 2.24) is 0 Å². The number of anilines is 1. The number of nitrogens with two attached hydrogens (primary N) is 1. The molecule has 1 atom stereocenters. The number of aliphatic carboxylic acids is 1. The van der Waals surface area contributed by atoms with Crippen LogP contribution in [0.5, 0.6) is 0 Å². The summed E-state index contributed by atoms with van der Waals surface area (Å²) in [6, 6.07) is 6.57. The first-order valence-electron chi connectivity index (χ1n) is 5.10. The van der Waals surface area contributed by atoms with Crippen LogP contribution in [-0.2, 0) is 9.59 Å². The maximum atomic E-state index is 12.0. The molecule has 1 aromatic rings. The summed E-state index contributed by atoms with van der Waals surface area (Å²) in [4.78, 5) is 24.9. The standard InChI is InChI=1S/C11H12N2O3S.BrH/c12-7-6-17-9-4-2-1-3-8(9)13(11(7)16)5-10(14)15;/h1-4,7H,5-6,12H2,(H,14,15);1H. The Morgan fingerprint density at radius 1 is 1.50 bits per heavy atom. The molecule has 18 heavy (non-hydrogen) atoms. The maximum absolute atomic E-state index is 12.0. The van der Waals surface area contributed by atoms with Crippen molar-refractivity contribution in [2.24, 2.45) is 5.73 Å². The van der Waals surface area contributed by atoms with Crippen molar-refractivity contribution < 1.29 is 14.7 Å². The van der Waals surface area contributed by atoms with E-state index in [1.165, 1.54) is 16.7 Å². The smallest absolute Gasteiger partial charge is 0.323 e. The quantitative estimate of drug-likeness (QED) is 0.847. The number of halogens is 1. The summed E-state index contributed by atoms with van der Waals surface area (Å²) in [6.07, 6.45) is 0. The number of carboxylic acid groups (broad SMARTS) is 1. The van der Waals surface area contributed by atoms with Gasteiger partial charge in [0, 0.05) is 10.6 Å². The number of carboxylic acids is 1. The second-order valence-corrected chi connectivity index (χ2v) is 4.77. The minimum Gasteiger partial charge on any atom is -0.480 e. The first kappa shape index (κ1) is 15.0. The highest BCUT2D eigenvalue weighted by atomic mass is 79.9. The van der Waals surface area contributed by atoms with Crippen LogP contribution in [0.1, 0.15) is 0 Å². The molecule has 0 saturated heterocycles. The average Bonchev–Trinajstić information content (AvgIpc) is 2.42. The molecule has 1 heterocycles. The topological polar surface area (TPSA) is 83.6 Å². The van der Waals surface area contributed by atoms with Gasteiger partial charge in [0.1, 0.15) is 6.54 Å². The lowest BCUT2D eigenvalue weighted by atomic mass is 10.2. The van der Waals surface area contributed by atoms with Gasteiger partial charge in [-0.15, -0.1) is 28.7 Å². The van der Waals surface area contributed by atoms with Crippen LogP contribution in [0.4, 0.5) is 5.69 Å². The van der Waals surface area contributed by atoms with Crippen molar-refractivity contribution in [2.75, 3.05) is 17.2 Å². The minimum absolute atomic E-state index is 0. The zero-order chi connectivity index (χ0) is 12.4. The van der Waals surface area contributed by atoms with Gasteiger partial charge >= 0.3 is 5.97 Å². The molecule has 0 aliphatic carbocycles. The predicted molar refractivity (Wildman–Crippen MR) is 75.5 cm³/mol. The van der Waals surface area contributed by atoms with Gasteiger partial charge in [0.15, 0.2) is 0 Å². The van der Waals surface area contributed by atoms with Gasteiger partial charge in [0.25, 0.3) is 0 Å². The molecular weight excluding hydrogens is 320 g/mol. The van der Waals surface area contributed by atoms with E-state index < -0.39 is 12.0 Å². The van der Waals surface area contributed by atoms with E-state index in [9.17, 15) is 9.59 Å². The highest BCUT2D eigenvalue weighted by Gasteiger charge is 2.29. The Labute approximate surface area is 119 Å². The zero-order valence-electron chi connectivity index (χ0n) is 9.41. The van der Waals surface area contributed by atoms with Crippen molar-refractivity contribution in [3.05, 3.63) is 24.3 Å². The largest absolute Gasteiger partial charge is 0.480 e. The van der Waals surface area contributed by atoms with Gasteiger partial charge in [-0.25, -0.2) is 0 Å². The van der Waals surface area contributed by atoms with E-state index in [0.29, 0.717) is 11.4 Å². The third kappa shape index (κ3) is 3.04. The monoisotopic (exact) mass is 332 g/mol. The molecular formula is C11H13BrN2O3S. The lowest BCUT2D eigenvalue weighted by Gasteiger charge is -2.22. The molecule has 7 heteroatoms. The van der Waals surface area contributed by atoms with Gasteiger partial charge in [-0.3, -0.25) is 14.5 Å². The molecule has 0 fully saturated rings. The van der Waals surface area contributed by atoms with Gasteiger partial charge in [-0.2, -0.15) is 0 Å². The molecule has 2 rings (SSSR count). The number of para-hydroxylation sites is 1. The number of hydrogen-bond acceptors (Lipinski definition) is 4. The summed E-state index contributed by atoms with van der Waals surface area (Å²) < 4.78 is 0. The van der Waals surface area contributed by atoms with Crippen LogP contribution < -0.4 is 10.6 Å². The molecule has 3 N–H and O–H groups in total. The number of benzene rings is 1. The minimum atomic E-state index is -1.05. The molecule has 0 radical (unpaired) electrons. The number of carbonyl (C=O) groups is 2. The molecule has 1 aromatic carbocycles. The average molecular weight is 333 g/mol.